The van der Waals surface area contributed by atoms with Crippen molar-refractivity contribution in [1.29, 1.82) is 0 Å². The highest BCUT2D eigenvalue weighted by molar-refractivity contribution is 4.85. The van der Waals surface area contributed by atoms with E-state index in [-0.39, 0.29) is 0 Å². The Bertz CT molecular complexity index is 243. The van der Waals surface area contributed by atoms with Gasteiger partial charge < -0.3 is 4.74 Å². The van der Waals surface area contributed by atoms with Crippen LogP contribution in [-0.2, 0) is 4.74 Å². The molecule has 1 heterocycles. The van der Waals surface area contributed by atoms with Gasteiger partial charge in [0.05, 0.1) is 13.2 Å². The fourth-order valence-electron chi connectivity index (χ4n) is 5.09. The summed E-state index contributed by atoms with van der Waals surface area (Å²) < 4.78 is 5.34. The molecule has 0 aromatic heterocycles. The van der Waals surface area contributed by atoms with Gasteiger partial charge in [-0.3, -0.25) is 0 Å². The summed E-state index contributed by atoms with van der Waals surface area (Å²) in [6, 6.07) is 0. The Morgan fingerprint density at radius 3 is 1.84 bits per heavy atom. The molecular weight excluding hydrogens is 232 g/mol. The van der Waals surface area contributed by atoms with Crippen molar-refractivity contribution in [3.05, 3.63) is 0 Å². The van der Waals surface area contributed by atoms with Gasteiger partial charge in [0.25, 0.3) is 0 Å². The lowest BCUT2D eigenvalue weighted by Gasteiger charge is -2.34. The predicted molar refractivity (Wildman–Crippen MR) is 80.1 cm³/mol. The minimum absolute atomic E-state index is 0.891. The highest BCUT2D eigenvalue weighted by atomic mass is 16.5. The first-order chi connectivity index (χ1) is 9.33. The average molecular weight is 264 g/mol. The largest absolute Gasteiger partial charge is 0.381 e. The Balaban J connectivity index is 1.54. The molecule has 1 unspecified atom stereocenters. The number of hydrogen-bond acceptors (Lipinski definition) is 1. The zero-order valence-corrected chi connectivity index (χ0v) is 12.8. The fourth-order valence-corrected chi connectivity index (χ4v) is 5.09. The molecule has 110 valence electrons. The number of hydrogen-bond donors (Lipinski definition) is 0. The van der Waals surface area contributed by atoms with Crippen LogP contribution in [0.4, 0.5) is 0 Å². The molecule has 0 aromatic rings. The summed E-state index contributed by atoms with van der Waals surface area (Å²) in [7, 11) is 0. The summed E-state index contributed by atoms with van der Waals surface area (Å²) >= 11 is 0. The number of ether oxygens (including phenoxy) is 1. The van der Waals surface area contributed by atoms with Gasteiger partial charge >= 0.3 is 0 Å². The first kappa shape index (κ1) is 13.9. The van der Waals surface area contributed by atoms with Crippen molar-refractivity contribution in [1.82, 2.24) is 0 Å². The topological polar surface area (TPSA) is 9.23 Å². The monoisotopic (exact) mass is 264 g/mol. The van der Waals surface area contributed by atoms with E-state index in [1.807, 2.05) is 0 Å². The Morgan fingerprint density at radius 1 is 0.895 bits per heavy atom. The minimum Gasteiger partial charge on any atom is -0.381 e. The lowest BCUT2D eigenvalue weighted by Crippen LogP contribution is -2.30. The van der Waals surface area contributed by atoms with Gasteiger partial charge in [-0.2, -0.15) is 0 Å². The molecule has 1 nitrogen and oxygen atoms in total. The Hall–Kier alpha value is -0.0400. The third kappa shape index (κ3) is 3.54. The van der Waals surface area contributed by atoms with Crippen molar-refractivity contribution in [2.45, 2.75) is 71.1 Å². The molecular formula is C18H32O. The zero-order valence-electron chi connectivity index (χ0n) is 12.8. The smallest absolute Gasteiger partial charge is 0.0516 e. The maximum atomic E-state index is 5.34. The molecule has 2 saturated carbocycles. The molecule has 2 aliphatic carbocycles. The van der Waals surface area contributed by atoms with Crippen LogP contribution in [0.25, 0.3) is 0 Å². The van der Waals surface area contributed by atoms with Crippen LogP contribution in [0.1, 0.15) is 71.1 Å². The van der Waals surface area contributed by atoms with Crippen LogP contribution >= 0.6 is 0 Å². The summed E-state index contributed by atoms with van der Waals surface area (Å²) in [4.78, 5) is 0. The Kier molecular flexibility index (Phi) is 4.84. The molecule has 3 aliphatic rings. The van der Waals surface area contributed by atoms with Crippen LogP contribution in [0.2, 0.25) is 0 Å². The van der Waals surface area contributed by atoms with Crippen molar-refractivity contribution in [2.75, 3.05) is 13.2 Å². The summed E-state index contributed by atoms with van der Waals surface area (Å²) in [6.07, 6.45) is 15.2. The van der Waals surface area contributed by atoms with Crippen molar-refractivity contribution < 1.29 is 4.74 Å². The van der Waals surface area contributed by atoms with Crippen LogP contribution in [0.15, 0.2) is 0 Å². The molecule has 0 amide bonds. The molecule has 1 saturated heterocycles. The first-order valence-corrected chi connectivity index (χ1v) is 8.90. The highest BCUT2D eigenvalue weighted by Crippen LogP contribution is 2.45. The van der Waals surface area contributed by atoms with Gasteiger partial charge in [-0.05, 0) is 36.5 Å². The lowest BCUT2D eigenvalue weighted by molar-refractivity contribution is -0.0437. The van der Waals surface area contributed by atoms with Crippen molar-refractivity contribution in [3.8, 4) is 0 Å². The second kappa shape index (κ2) is 6.61. The van der Waals surface area contributed by atoms with Crippen LogP contribution in [-0.4, -0.2) is 13.2 Å². The average Bonchev–Trinajstić information content (AvgIpc) is 3.02. The maximum absolute atomic E-state index is 5.34. The predicted octanol–water partition coefficient (Wildman–Crippen LogP) is 5.05. The van der Waals surface area contributed by atoms with Crippen LogP contribution in [0, 0.1) is 29.6 Å². The van der Waals surface area contributed by atoms with E-state index >= 15 is 0 Å². The first-order valence-electron chi connectivity index (χ1n) is 8.90. The molecule has 3 rings (SSSR count). The lowest BCUT2D eigenvalue weighted by atomic mass is 9.73. The summed E-state index contributed by atoms with van der Waals surface area (Å²) in [5.74, 6) is 5.07. The molecule has 1 aliphatic heterocycles. The van der Waals surface area contributed by atoms with Gasteiger partial charge in [-0.25, -0.2) is 0 Å². The summed E-state index contributed by atoms with van der Waals surface area (Å²) in [5.41, 5.74) is 0. The van der Waals surface area contributed by atoms with E-state index in [0.717, 1.165) is 42.8 Å². The second-order valence-corrected chi connectivity index (χ2v) is 7.73. The van der Waals surface area contributed by atoms with Gasteiger partial charge in [0.2, 0.25) is 0 Å². The molecule has 19 heavy (non-hydrogen) atoms. The maximum Gasteiger partial charge on any atom is 0.0516 e. The highest BCUT2D eigenvalue weighted by Gasteiger charge is 2.34. The summed E-state index contributed by atoms with van der Waals surface area (Å²) in [6.45, 7) is 4.60. The minimum atomic E-state index is 0.891. The van der Waals surface area contributed by atoms with E-state index in [1.54, 1.807) is 25.7 Å². The zero-order chi connectivity index (χ0) is 13.1. The van der Waals surface area contributed by atoms with Crippen molar-refractivity contribution in [2.24, 2.45) is 29.6 Å². The van der Waals surface area contributed by atoms with E-state index in [4.69, 9.17) is 4.74 Å². The molecule has 1 atom stereocenters. The molecule has 0 radical (unpaired) electrons. The van der Waals surface area contributed by atoms with E-state index in [0.29, 0.717) is 0 Å². The van der Waals surface area contributed by atoms with E-state index in [2.05, 4.69) is 6.92 Å². The molecule has 0 bridgehead atoms. The summed E-state index contributed by atoms with van der Waals surface area (Å²) in [5, 5.41) is 0. The fraction of sp³-hybridized carbons (Fsp3) is 1.00. The van der Waals surface area contributed by atoms with E-state index < -0.39 is 0 Å². The molecule has 3 fully saturated rings. The van der Waals surface area contributed by atoms with Gasteiger partial charge in [0.15, 0.2) is 0 Å². The van der Waals surface area contributed by atoms with E-state index in [1.165, 1.54) is 38.5 Å². The molecule has 1 heteroatoms. The van der Waals surface area contributed by atoms with Crippen molar-refractivity contribution >= 4 is 0 Å². The van der Waals surface area contributed by atoms with Gasteiger partial charge in [-0.15, -0.1) is 0 Å². The number of rotatable bonds is 6. The van der Waals surface area contributed by atoms with Gasteiger partial charge in [0.1, 0.15) is 0 Å². The standard InChI is InChI=1S/C18H32O/c1-14(10-15-12-19-13-15)11-18(16-6-2-3-7-16)17-8-4-5-9-17/h14-18H,2-13H2,1H3. The third-order valence-electron chi connectivity index (χ3n) is 6.13. The second-order valence-electron chi connectivity index (χ2n) is 7.73. The SMILES string of the molecule is CC(CC1COC1)CC(C1CCCC1)C1CCCC1. The van der Waals surface area contributed by atoms with Crippen LogP contribution in [0.3, 0.4) is 0 Å². The van der Waals surface area contributed by atoms with Crippen molar-refractivity contribution in [3.63, 3.8) is 0 Å². The van der Waals surface area contributed by atoms with Crippen LogP contribution < -0.4 is 0 Å². The molecule has 0 N–H and O–H groups in total. The third-order valence-corrected chi connectivity index (χ3v) is 6.13. The van der Waals surface area contributed by atoms with Gasteiger partial charge in [-0.1, -0.05) is 58.3 Å². The van der Waals surface area contributed by atoms with Gasteiger partial charge in [0, 0.05) is 5.92 Å². The van der Waals surface area contributed by atoms with E-state index in [9.17, 15) is 0 Å². The molecule has 0 spiro atoms. The Morgan fingerprint density at radius 2 is 1.42 bits per heavy atom. The Labute approximate surface area is 119 Å². The molecule has 0 aromatic carbocycles. The normalized spacial score (nSPS) is 28.1. The quantitative estimate of drug-likeness (QED) is 0.652. The van der Waals surface area contributed by atoms with Crippen LogP contribution in [0.5, 0.6) is 0 Å².